The molecule has 40 heavy (non-hydrogen) atoms. The van der Waals surface area contributed by atoms with Gasteiger partial charge in [-0.05, 0) is 63.6 Å². The van der Waals surface area contributed by atoms with Crippen molar-refractivity contribution in [1.29, 1.82) is 5.26 Å². The normalized spacial score (nSPS) is 21.5. The van der Waals surface area contributed by atoms with Crippen LogP contribution in [0.2, 0.25) is 10.0 Å². The van der Waals surface area contributed by atoms with Gasteiger partial charge in [0, 0.05) is 43.5 Å². The minimum atomic E-state index is -0.246. The van der Waals surface area contributed by atoms with Gasteiger partial charge in [0.1, 0.15) is 12.4 Å². The summed E-state index contributed by atoms with van der Waals surface area (Å²) in [6.07, 6.45) is 5.53. The van der Waals surface area contributed by atoms with E-state index in [1.165, 1.54) is 6.08 Å². The molecule has 1 amide bonds. The summed E-state index contributed by atoms with van der Waals surface area (Å²) in [5.74, 6) is 0.688. The van der Waals surface area contributed by atoms with E-state index in [-0.39, 0.29) is 18.4 Å². The Morgan fingerprint density at radius 2 is 2.00 bits per heavy atom. The predicted octanol–water partition coefficient (Wildman–Crippen LogP) is 4.33. The molecule has 2 aromatic rings. The smallest absolute Gasteiger partial charge is 0.318 e. The number of carbonyl (C=O) groups excluding carboxylic acids is 1. The third-order valence-corrected chi connectivity index (χ3v) is 8.90. The molecule has 1 aromatic carbocycles. The first kappa shape index (κ1) is 28.5. The molecule has 0 aliphatic carbocycles. The number of ether oxygens (including phenoxy) is 1. The van der Waals surface area contributed by atoms with Crippen LogP contribution in [-0.2, 0) is 17.8 Å². The maximum atomic E-state index is 12.5. The van der Waals surface area contributed by atoms with Crippen molar-refractivity contribution >= 4 is 40.6 Å². The molecule has 2 fully saturated rings. The number of likely N-dealkylation sites (N-methyl/N-ethyl adjacent to an activating group) is 1. The highest BCUT2D eigenvalue weighted by molar-refractivity contribution is 6.42. The van der Waals surface area contributed by atoms with Gasteiger partial charge in [0.25, 0.3) is 0 Å². The summed E-state index contributed by atoms with van der Waals surface area (Å²) in [5.41, 5.74) is 3.00. The van der Waals surface area contributed by atoms with Crippen LogP contribution in [0.15, 0.2) is 30.9 Å². The molecule has 0 bridgehead atoms. The maximum absolute atomic E-state index is 12.5. The predicted molar refractivity (Wildman–Crippen MR) is 157 cm³/mol. The number of aromatic nitrogens is 2. The fraction of sp³-hybridized carbons (Fsp3) is 0.517. The van der Waals surface area contributed by atoms with Crippen molar-refractivity contribution < 1.29 is 9.53 Å². The lowest BCUT2D eigenvalue weighted by Crippen LogP contribution is -2.55. The molecule has 2 atom stereocenters. The van der Waals surface area contributed by atoms with Gasteiger partial charge in [0.05, 0.1) is 40.8 Å². The van der Waals surface area contributed by atoms with E-state index in [1.54, 1.807) is 4.90 Å². The fourth-order valence-corrected chi connectivity index (χ4v) is 6.20. The Bertz CT molecular complexity index is 1300. The summed E-state index contributed by atoms with van der Waals surface area (Å²) in [6.45, 7) is 8.26. The van der Waals surface area contributed by atoms with E-state index in [4.69, 9.17) is 37.9 Å². The second kappa shape index (κ2) is 12.6. The van der Waals surface area contributed by atoms with Crippen LogP contribution in [0, 0.1) is 11.3 Å². The molecule has 9 nitrogen and oxygen atoms in total. The van der Waals surface area contributed by atoms with E-state index in [9.17, 15) is 10.1 Å². The van der Waals surface area contributed by atoms with Crippen molar-refractivity contribution in [2.75, 3.05) is 56.2 Å². The van der Waals surface area contributed by atoms with E-state index in [2.05, 4.69) is 34.4 Å². The zero-order valence-corrected chi connectivity index (χ0v) is 24.4. The number of benzene rings is 1. The van der Waals surface area contributed by atoms with Crippen molar-refractivity contribution in [2.45, 2.75) is 50.7 Å². The number of hydrogen-bond acceptors (Lipinski definition) is 8. The zero-order chi connectivity index (χ0) is 28.2. The number of nitrogens with zero attached hydrogens (tertiary/aromatic N) is 7. The van der Waals surface area contributed by atoms with E-state index in [0.29, 0.717) is 54.9 Å². The Morgan fingerprint density at radius 1 is 1.15 bits per heavy atom. The highest BCUT2D eigenvalue weighted by atomic mass is 35.5. The maximum Gasteiger partial charge on any atom is 0.318 e. The molecule has 5 rings (SSSR count). The highest BCUT2D eigenvalue weighted by Crippen LogP contribution is 2.34. The third kappa shape index (κ3) is 6.14. The lowest BCUT2D eigenvalue weighted by Gasteiger charge is -2.41. The van der Waals surface area contributed by atoms with Gasteiger partial charge in [-0.2, -0.15) is 15.2 Å². The van der Waals surface area contributed by atoms with Crippen molar-refractivity contribution in [3.05, 3.63) is 52.2 Å². The van der Waals surface area contributed by atoms with E-state index < -0.39 is 0 Å². The van der Waals surface area contributed by atoms with Crippen LogP contribution in [0.4, 0.5) is 11.5 Å². The monoisotopic (exact) mass is 583 g/mol. The quantitative estimate of drug-likeness (QED) is 0.445. The van der Waals surface area contributed by atoms with E-state index >= 15 is 0 Å². The van der Waals surface area contributed by atoms with Gasteiger partial charge >= 0.3 is 6.01 Å². The minimum absolute atomic E-state index is 0.150. The average molecular weight is 585 g/mol. The zero-order valence-electron chi connectivity index (χ0n) is 22.9. The van der Waals surface area contributed by atoms with Gasteiger partial charge in [0.2, 0.25) is 5.91 Å². The number of likely N-dealkylation sites (tertiary alicyclic amines) is 1. The average Bonchev–Trinajstić information content (AvgIpc) is 3.24. The summed E-state index contributed by atoms with van der Waals surface area (Å²) in [4.78, 5) is 30.9. The first-order chi connectivity index (χ1) is 19.4. The molecule has 4 heterocycles. The summed E-state index contributed by atoms with van der Waals surface area (Å²) >= 11 is 12.5. The third-order valence-electron chi connectivity index (χ3n) is 8.16. The van der Waals surface area contributed by atoms with Crippen LogP contribution in [0.25, 0.3) is 0 Å². The molecule has 212 valence electrons. The number of hydrogen-bond donors (Lipinski definition) is 0. The first-order valence-corrected chi connectivity index (χ1v) is 14.6. The van der Waals surface area contributed by atoms with Crippen molar-refractivity contribution in [3.8, 4) is 12.1 Å². The Balaban J connectivity index is 1.47. The van der Waals surface area contributed by atoms with Crippen molar-refractivity contribution in [2.24, 2.45) is 0 Å². The van der Waals surface area contributed by atoms with Crippen molar-refractivity contribution in [1.82, 2.24) is 19.8 Å². The summed E-state index contributed by atoms with van der Waals surface area (Å²) in [6, 6.07) is 8.41. The van der Waals surface area contributed by atoms with Gasteiger partial charge in [0.15, 0.2) is 0 Å². The fourth-order valence-electron chi connectivity index (χ4n) is 5.91. The number of rotatable bonds is 7. The summed E-state index contributed by atoms with van der Waals surface area (Å²) in [5, 5.41) is 10.5. The summed E-state index contributed by atoms with van der Waals surface area (Å²) in [7, 11) is 2.12. The minimum Gasteiger partial charge on any atom is -0.462 e. The van der Waals surface area contributed by atoms with Crippen LogP contribution < -0.4 is 14.5 Å². The Hall–Kier alpha value is -3.06. The number of fused-ring (bicyclic) bond motifs is 1. The van der Waals surface area contributed by atoms with Crippen LogP contribution in [0.5, 0.6) is 6.01 Å². The standard InChI is InChI=1S/C29H35Cl2N7O2/c1-3-27(39)38-15-14-37(17-21(38)10-11-32)28-23-7-5-13-36(20-8-9-24(30)25(31)16-20)18-26(23)33-29(34-28)40-19-22-6-4-12-35(22)2/h3,8-9,16,21-22H,1,4-7,10,12-15,17-19H2,2H3/t21?,22-/m0/s1. The SMILES string of the molecule is C=CC(=O)N1CCN(c2nc(OC[C@@H]3CCCN3C)nc3c2CCCN(c2ccc(Cl)c(Cl)c2)C3)CC1CC#N. The largest absolute Gasteiger partial charge is 0.462 e. The number of halogens is 2. The van der Waals surface area contributed by atoms with Gasteiger partial charge in [-0.3, -0.25) is 4.79 Å². The molecule has 1 aromatic heterocycles. The summed E-state index contributed by atoms with van der Waals surface area (Å²) < 4.78 is 6.25. The molecule has 2 saturated heterocycles. The first-order valence-electron chi connectivity index (χ1n) is 13.9. The number of anilines is 2. The van der Waals surface area contributed by atoms with Gasteiger partial charge in [-0.1, -0.05) is 29.8 Å². The number of amides is 1. The lowest BCUT2D eigenvalue weighted by molar-refractivity contribution is -0.128. The van der Waals surface area contributed by atoms with Crippen molar-refractivity contribution in [3.63, 3.8) is 0 Å². The molecule has 0 N–H and O–H groups in total. The van der Waals surface area contributed by atoms with Crippen LogP contribution in [-0.4, -0.2) is 84.1 Å². The van der Waals surface area contributed by atoms with Crippen LogP contribution >= 0.6 is 23.2 Å². The molecule has 0 saturated carbocycles. The Labute approximate surface area is 245 Å². The van der Waals surface area contributed by atoms with Gasteiger partial charge in [-0.15, -0.1) is 0 Å². The topological polar surface area (TPSA) is 88.8 Å². The van der Waals surface area contributed by atoms with Gasteiger partial charge in [-0.25, -0.2) is 0 Å². The second-order valence-electron chi connectivity index (χ2n) is 10.7. The van der Waals surface area contributed by atoms with E-state index in [1.807, 2.05) is 18.2 Å². The molecule has 3 aliphatic heterocycles. The lowest BCUT2D eigenvalue weighted by atomic mass is 10.1. The Kier molecular flexibility index (Phi) is 8.99. The second-order valence-corrected chi connectivity index (χ2v) is 11.5. The molecule has 0 radical (unpaired) electrons. The van der Waals surface area contributed by atoms with Crippen LogP contribution in [0.3, 0.4) is 0 Å². The molecule has 11 heteroatoms. The molecule has 3 aliphatic rings. The molecule has 0 spiro atoms. The highest BCUT2D eigenvalue weighted by Gasteiger charge is 2.33. The molecular formula is C29H35Cl2N7O2. The number of nitriles is 1. The molecular weight excluding hydrogens is 549 g/mol. The molecule has 1 unspecified atom stereocenters. The number of piperazine rings is 1. The van der Waals surface area contributed by atoms with Gasteiger partial charge < -0.3 is 24.3 Å². The Morgan fingerprint density at radius 3 is 2.73 bits per heavy atom. The van der Waals surface area contributed by atoms with E-state index in [0.717, 1.165) is 61.5 Å². The van der Waals surface area contributed by atoms with Crippen LogP contribution in [0.1, 0.15) is 36.9 Å². The number of carbonyl (C=O) groups is 1.